The molecule has 10 aromatic rings. The van der Waals surface area contributed by atoms with Gasteiger partial charge >= 0.3 is 23.5 Å². The number of hydrogen-bond acceptors (Lipinski definition) is 24. The van der Waals surface area contributed by atoms with Gasteiger partial charge in [0.25, 0.3) is 11.1 Å². The fourth-order valence-corrected chi connectivity index (χ4v) is 21.5. The average Bonchev–Trinajstić information content (AvgIpc) is 1.69. The van der Waals surface area contributed by atoms with E-state index in [0.29, 0.717) is 41.0 Å². The molecule has 15 rings (SSSR count). The van der Waals surface area contributed by atoms with Gasteiger partial charge in [0.15, 0.2) is 0 Å². The average molecular weight is 1650 g/mol. The zero-order chi connectivity index (χ0) is 74.2. The number of aliphatic hydroxyl groups is 3. The maximum Gasteiger partial charge on any atom is 0.490 e. The molecule has 0 radical (unpaired) electrons. The smallest absolute Gasteiger partial charge is 0.394 e. The number of aromatic amines is 1. The summed E-state index contributed by atoms with van der Waals surface area (Å²) in [4.78, 5) is 61.6. The molecule has 15 heterocycles. The van der Waals surface area contributed by atoms with Gasteiger partial charge in [-0.05, 0) is 171 Å². The summed E-state index contributed by atoms with van der Waals surface area (Å²) in [5.74, 6) is 1.78. The maximum atomic E-state index is 12.4. The summed E-state index contributed by atoms with van der Waals surface area (Å²) < 4.78 is 88.4. The third-order valence-corrected chi connectivity index (χ3v) is 28.4. The highest BCUT2D eigenvalue weighted by Crippen LogP contribution is 2.66. The van der Waals surface area contributed by atoms with Crippen molar-refractivity contribution in [2.45, 2.75) is 166 Å². The fourth-order valence-electron chi connectivity index (χ4n) is 12.7. The van der Waals surface area contributed by atoms with Crippen molar-refractivity contribution in [3.63, 3.8) is 0 Å². The molecule has 8 N–H and O–H groups in total. The topological polar surface area (TPSA) is 336 Å². The Labute approximate surface area is 632 Å². The highest BCUT2D eigenvalue weighted by Gasteiger charge is 2.43. The van der Waals surface area contributed by atoms with Crippen molar-refractivity contribution in [2.75, 3.05) is 13.2 Å². The first-order valence-electron chi connectivity index (χ1n) is 33.0. The van der Waals surface area contributed by atoms with Crippen LogP contribution < -0.4 is 11.1 Å². The number of H-pyrrole nitrogens is 1. The molecule has 0 spiro atoms. The molecule has 0 amide bonds. The van der Waals surface area contributed by atoms with E-state index in [1.54, 1.807) is 44.2 Å². The van der Waals surface area contributed by atoms with Gasteiger partial charge in [-0.15, -0.1) is 56.7 Å². The Morgan fingerprint density at radius 1 is 0.495 bits per heavy atom. The summed E-state index contributed by atoms with van der Waals surface area (Å²) >= 11 is 30.0. The number of halogens is 1. The van der Waals surface area contributed by atoms with Crippen molar-refractivity contribution in [2.24, 2.45) is 17.8 Å². The van der Waals surface area contributed by atoms with E-state index < -0.39 is 60.7 Å². The number of alkyl halides is 1. The standard InChI is InChI=1S/C14H17NO2S.C14H17NOS2.C12H16NO12P3S2.C12H13NO3S2.C7H13ClO.C7H5NOS/c1-3-11-9(2)8-12(17-11)15-6-4-10-5-7-18-13(10)14(15)16;1-3-11-9(2)8-12(16-11)15-6-4-10-5-7-18-13(10)14(15)17;14-8-5-10(13-3-1-7-2-4-30-11(7)12(13)29)23-9(8)6-22-27(18,19)25-28(20,21)24-26(15,16)17;14-6-9-8(15)5-10(16-9)13-3-1-7-2-4-18-11(7)12(13)17;1-3-6-5(2)4-7(8)9-6;9-7-6-5(1-3-8-7)2-4-10-6/h2*4-7,9,11-12H,3,8H2,1-2H3;1-4,8-10,14H,5-6H2,(H,18,19)(H,20,21)(H2,15,16,17);1-4,8-10,14-15H,5-6H2;5-7H,3-4H2,1-2H3;1-4H,(H,8,9)/t2*9-,11-,12-;2*8-,9-,10-;5-,6-,7?;/m11111./s1. The van der Waals surface area contributed by atoms with E-state index >= 15 is 0 Å². The number of phosphoric ester groups is 1. The minimum absolute atomic E-state index is 0.00694. The van der Waals surface area contributed by atoms with Gasteiger partial charge in [-0.3, -0.25) is 18.7 Å². The second-order valence-corrected chi connectivity index (χ2v) is 35.7. The monoisotopic (exact) mass is 1650 g/mol. The lowest BCUT2D eigenvalue weighted by atomic mass is 10.0. The van der Waals surface area contributed by atoms with Gasteiger partial charge in [0.2, 0.25) is 0 Å². The molecule has 0 aliphatic carbocycles. The van der Waals surface area contributed by atoms with E-state index in [4.69, 9.17) is 91.7 Å². The largest absolute Gasteiger partial charge is 0.490 e. The minimum Gasteiger partial charge on any atom is -0.394 e. The Morgan fingerprint density at radius 2 is 0.864 bits per heavy atom. The van der Waals surface area contributed by atoms with Crippen molar-refractivity contribution >= 4 is 179 Å². The van der Waals surface area contributed by atoms with Gasteiger partial charge in [0.1, 0.15) is 56.6 Å². The molecule has 0 saturated carbocycles. The second-order valence-electron chi connectivity index (χ2n) is 25.1. The number of nitrogens with one attached hydrogen (secondary N) is 1. The number of hydrogen-bond donors (Lipinski definition) is 8. The minimum atomic E-state index is -5.62. The zero-order valence-corrected chi connectivity index (χ0v) is 66.5. The number of pyridine rings is 5. The van der Waals surface area contributed by atoms with Crippen LogP contribution in [0.2, 0.25) is 0 Å². The van der Waals surface area contributed by atoms with Crippen molar-refractivity contribution in [3.05, 3.63) is 153 Å². The van der Waals surface area contributed by atoms with E-state index in [2.05, 4.69) is 87.9 Å². The molecule has 5 aliphatic heterocycles. The lowest BCUT2D eigenvalue weighted by Gasteiger charge is -2.19. The van der Waals surface area contributed by atoms with Gasteiger partial charge in [-0.1, -0.05) is 89.8 Å². The Hall–Kier alpha value is -3.81. The zero-order valence-electron chi connectivity index (χ0n) is 56.5. The second kappa shape index (κ2) is 36.1. The number of aliphatic hydroxyl groups excluding tert-OH is 3. The predicted octanol–water partition coefficient (Wildman–Crippen LogP) is 16.6. The van der Waals surface area contributed by atoms with Crippen LogP contribution in [0.5, 0.6) is 0 Å². The van der Waals surface area contributed by atoms with Crippen molar-refractivity contribution in [3.8, 4) is 0 Å². The molecule has 25 nitrogen and oxygen atoms in total. The third kappa shape index (κ3) is 20.6. The van der Waals surface area contributed by atoms with Gasteiger partial charge in [-0.2, -0.15) is 8.62 Å². The van der Waals surface area contributed by atoms with Crippen LogP contribution in [0, 0.1) is 31.7 Å². The van der Waals surface area contributed by atoms with E-state index in [-0.39, 0.29) is 54.5 Å². The van der Waals surface area contributed by atoms with Gasteiger partial charge in [0, 0.05) is 43.8 Å². The summed E-state index contributed by atoms with van der Waals surface area (Å²) in [7, 11) is -16.4. The lowest BCUT2D eigenvalue weighted by Crippen LogP contribution is -2.26. The molecule has 37 heteroatoms. The van der Waals surface area contributed by atoms with Crippen LogP contribution in [0.1, 0.15) is 118 Å². The van der Waals surface area contributed by atoms with Crippen molar-refractivity contribution < 1.29 is 85.4 Å². The van der Waals surface area contributed by atoms with Crippen LogP contribution in [0.25, 0.3) is 50.4 Å². The molecule has 5 fully saturated rings. The first-order chi connectivity index (χ1) is 49.0. The van der Waals surface area contributed by atoms with Crippen molar-refractivity contribution in [1.82, 2.24) is 23.3 Å². The molecular formula is C66H81ClN5O20P3S8. The predicted molar refractivity (Wildman–Crippen MR) is 411 cm³/mol. The summed E-state index contributed by atoms with van der Waals surface area (Å²) in [6.45, 7) is 12.2. The third-order valence-electron chi connectivity index (χ3n) is 18.0. The molecule has 3 unspecified atom stereocenters. The number of ether oxygens (including phenoxy) is 5. The number of nitrogens with zero attached hydrogens (tertiary/aromatic N) is 4. The summed E-state index contributed by atoms with van der Waals surface area (Å²) in [5, 5.41) is 44.2. The molecule has 10 aromatic heterocycles. The molecule has 0 bridgehead atoms. The molecule has 103 heavy (non-hydrogen) atoms. The Bertz CT molecular complexity index is 4710. The highest BCUT2D eigenvalue weighted by molar-refractivity contribution is 7.72. The summed E-state index contributed by atoms with van der Waals surface area (Å²) in [6.07, 6.45) is 12.5. The summed E-state index contributed by atoms with van der Waals surface area (Å²) in [5.41, 5.74) is 0.0638. The quantitative estimate of drug-likeness (QED) is 0.0268. The molecule has 5 saturated heterocycles. The molecule has 17 atom stereocenters. The van der Waals surface area contributed by atoms with Crippen LogP contribution >= 0.6 is 128 Å². The first-order valence-corrected chi connectivity index (χ1v) is 43.6. The van der Waals surface area contributed by atoms with Crippen LogP contribution in [-0.4, -0.2) is 120 Å². The van der Waals surface area contributed by atoms with E-state index in [9.17, 15) is 38.4 Å². The van der Waals surface area contributed by atoms with Crippen molar-refractivity contribution in [1.29, 1.82) is 0 Å². The Morgan fingerprint density at radius 3 is 1.26 bits per heavy atom. The summed E-state index contributed by atoms with van der Waals surface area (Å²) in [6, 6.07) is 19.8. The van der Waals surface area contributed by atoms with E-state index in [1.807, 2.05) is 87.0 Å². The van der Waals surface area contributed by atoms with Gasteiger partial charge in [0.05, 0.1) is 67.2 Å². The van der Waals surface area contributed by atoms with Crippen LogP contribution in [0.4, 0.5) is 0 Å². The molecule has 560 valence electrons. The van der Waals surface area contributed by atoms with Crippen LogP contribution in [-0.2, 0) is 50.5 Å². The van der Waals surface area contributed by atoms with Gasteiger partial charge < -0.3 is 77.3 Å². The SMILES string of the molecule is CC[C@H]1OC(Cl)C[C@H]1C.CC[C@H]1O[C@@H](n2ccc3ccsc3c2=O)C[C@H]1C.CC[C@H]1O[C@@H](n2ccc3ccsc3c2=S)C[C@H]1C.O=P(O)(O)OP(=O)(O)OP(=O)(O)OC[C@H]1O[C@@H](n2ccc3ccsc3c2=S)C[C@H]1O.O=c1[nH]ccc2ccsc12.OC[C@H]1O[C@@H](n2ccc3ccsc3c2=S)C[C@H]1O. The molecule has 0 aromatic carbocycles. The van der Waals surface area contributed by atoms with Crippen LogP contribution in [0.3, 0.4) is 0 Å². The van der Waals surface area contributed by atoms with E-state index in [0.717, 1.165) is 88.2 Å². The fraction of sp³-hybridized carbons (Fsp3) is 0.470. The molecular weight excluding hydrogens is 1570 g/mol. The highest BCUT2D eigenvalue weighted by atomic mass is 35.5. The van der Waals surface area contributed by atoms with E-state index in [1.165, 1.54) is 44.1 Å². The Kier molecular flexibility index (Phi) is 28.7. The number of rotatable bonds is 15. The van der Waals surface area contributed by atoms with Gasteiger partial charge in [-0.25, -0.2) is 13.7 Å². The van der Waals surface area contributed by atoms with Crippen LogP contribution in [0.15, 0.2) is 128 Å². The number of thiophene rings is 5. The molecule has 5 aliphatic rings. The Balaban J connectivity index is 0.000000138. The lowest BCUT2D eigenvalue weighted by molar-refractivity contribution is -0.0447. The first kappa shape index (κ1) is 81.7. The number of aromatic nitrogens is 5. The maximum absolute atomic E-state index is 12.4. The normalized spacial score (nSPS) is 27.2. The number of phosphoric acid groups is 3. The number of fused-ring (bicyclic) bond motifs is 5.